The molecule has 1 aromatic heterocycles. The molecular weight excluding hydrogens is 462 g/mol. The van der Waals surface area contributed by atoms with Crippen LogP contribution in [0.5, 0.6) is 5.88 Å². The number of fused-ring (bicyclic) bond motifs is 1. The maximum atomic E-state index is 10.9. The molecule has 180 valence electrons. The highest BCUT2D eigenvalue weighted by Crippen LogP contribution is 2.33. The van der Waals surface area contributed by atoms with Crippen LogP contribution in [0.2, 0.25) is 5.02 Å². The van der Waals surface area contributed by atoms with Gasteiger partial charge in [0, 0.05) is 27.9 Å². The Bertz CT molecular complexity index is 1390. The minimum Gasteiger partial charge on any atom is -0.494 e. The maximum absolute atomic E-state index is 10.9. The second kappa shape index (κ2) is 9.94. The van der Waals surface area contributed by atoms with E-state index in [1.54, 1.807) is 12.1 Å². The lowest BCUT2D eigenvalue weighted by Gasteiger charge is -2.23. The Morgan fingerprint density at radius 2 is 1.77 bits per heavy atom. The largest absolute Gasteiger partial charge is 0.494 e. The molecule has 7 heteroatoms. The minimum atomic E-state index is -0.834. The van der Waals surface area contributed by atoms with Crippen LogP contribution in [-0.4, -0.2) is 26.9 Å². The number of nitrogens with zero attached hydrogens (tertiary/aromatic N) is 1. The van der Waals surface area contributed by atoms with Gasteiger partial charge in [-0.05, 0) is 55.2 Å². The number of rotatable bonds is 8. The number of carboxylic acid groups (broad SMARTS) is 1. The zero-order valence-corrected chi connectivity index (χ0v) is 20.4. The molecule has 5 N–H and O–H groups in total. The van der Waals surface area contributed by atoms with Crippen LogP contribution < -0.4 is 5.73 Å². The summed E-state index contributed by atoms with van der Waals surface area (Å²) in [6.45, 7) is 4.05. The van der Waals surface area contributed by atoms with Crippen molar-refractivity contribution < 1.29 is 15.0 Å². The van der Waals surface area contributed by atoms with Crippen LogP contribution in [-0.2, 0) is 16.8 Å². The van der Waals surface area contributed by atoms with E-state index in [0.717, 1.165) is 28.5 Å². The number of nitrogens with two attached hydrogens (primary N) is 1. The number of aromatic amines is 1. The van der Waals surface area contributed by atoms with E-state index in [9.17, 15) is 9.90 Å². The quantitative estimate of drug-likeness (QED) is 0.218. The number of carbonyl (C=O) groups is 1. The molecule has 35 heavy (non-hydrogen) atoms. The molecule has 0 saturated carbocycles. The summed E-state index contributed by atoms with van der Waals surface area (Å²) in [6, 6.07) is 20.7. The molecule has 1 atom stereocenters. The Morgan fingerprint density at radius 1 is 1.09 bits per heavy atom. The molecule has 0 bridgehead atoms. The van der Waals surface area contributed by atoms with Crippen LogP contribution in [0.1, 0.15) is 48.9 Å². The molecule has 0 saturated heterocycles. The summed E-state index contributed by atoms with van der Waals surface area (Å²) < 4.78 is 0. The van der Waals surface area contributed by atoms with Crippen LogP contribution in [0.4, 0.5) is 5.69 Å². The number of aliphatic carboxylic acids is 1. The van der Waals surface area contributed by atoms with Crippen LogP contribution >= 0.6 is 11.6 Å². The molecule has 3 aromatic carbocycles. The summed E-state index contributed by atoms with van der Waals surface area (Å²) in [4.78, 5) is 18.8. The van der Waals surface area contributed by atoms with Gasteiger partial charge < -0.3 is 20.9 Å². The summed E-state index contributed by atoms with van der Waals surface area (Å²) in [5.74, 6) is -0.841. The van der Waals surface area contributed by atoms with Gasteiger partial charge in [0.1, 0.15) is 0 Å². The smallest absolute Gasteiger partial charge is 0.303 e. The molecule has 1 heterocycles. The third-order valence-corrected chi connectivity index (χ3v) is 6.57. The first-order chi connectivity index (χ1) is 16.7. The Labute approximate surface area is 209 Å². The van der Waals surface area contributed by atoms with Crippen molar-refractivity contribution in [3.63, 3.8) is 0 Å². The molecule has 4 aromatic rings. The topological polar surface area (TPSA) is 112 Å². The van der Waals surface area contributed by atoms with Gasteiger partial charge in [0.25, 0.3) is 0 Å². The van der Waals surface area contributed by atoms with Crippen molar-refractivity contribution >= 4 is 39.9 Å². The number of halogens is 1. The molecule has 0 amide bonds. The Kier molecular flexibility index (Phi) is 6.96. The standard InChI is InChI=1S/C28H28ClN3O3/c1-3-28(2,30)19-9-12-21(13-10-19)31-26(18-7-4-17(5-8-18)6-15-24(33)34)25-22-14-11-20(29)16-23(22)32-27(25)35/h4-5,7-14,16,32,35H,3,6,15,30H2,1-2H3,(H,33,34). The molecule has 0 aliphatic rings. The van der Waals surface area contributed by atoms with Crippen molar-refractivity contribution in [1.29, 1.82) is 0 Å². The normalized spacial score (nSPS) is 13.7. The van der Waals surface area contributed by atoms with Gasteiger partial charge in [-0.15, -0.1) is 0 Å². The summed E-state index contributed by atoms with van der Waals surface area (Å²) in [6.07, 6.45) is 1.31. The van der Waals surface area contributed by atoms with E-state index in [0.29, 0.717) is 33.9 Å². The van der Waals surface area contributed by atoms with Crippen LogP contribution in [0.25, 0.3) is 10.9 Å². The zero-order chi connectivity index (χ0) is 25.2. The van der Waals surface area contributed by atoms with E-state index in [4.69, 9.17) is 27.4 Å². The fourth-order valence-corrected chi connectivity index (χ4v) is 4.16. The van der Waals surface area contributed by atoms with Gasteiger partial charge in [-0.2, -0.15) is 0 Å². The number of hydrogen-bond acceptors (Lipinski definition) is 4. The zero-order valence-electron chi connectivity index (χ0n) is 19.7. The molecule has 6 nitrogen and oxygen atoms in total. The highest BCUT2D eigenvalue weighted by atomic mass is 35.5. The van der Waals surface area contributed by atoms with Gasteiger partial charge in [-0.3, -0.25) is 4.79 Å². The molecule has 0 aliphatic carbocycles. The molecular formula is C28H28ClN3O3. The average molecular weight is 490 g/mol. The van der Waals surface area contributed by atoms with Gasteiger partial charge in [-0.1, -0.05) is 61.0 Å². The number of benzene rings is 3. The van der Waals surface area contributed by atoms with E-state index >= 15 is 0 Å². The molecule has 0 fully saturated rings. The molecule has 4 rings (SSSR count). The number of hydrogen-bond donors (Lipinski definition) is 4. The molecule has 1 unspecified atom stereocenters. The highest BCUT2D eigenvalue weighted by Gasteiger charge is 2.20. The maximum Gasteiger partial charge on any atom is 0.303 e. The summed E-state index contributed by atoms with van der Waals surface area (Å²) in [5, 5.41) is 21.2. The Hall–Kier alpha value is -3.61. The Morgan fingerprint density at radius 3 is 2.40 bits per heavy atom. The number of H-pyrrole nitrogens is 1. The first kappa shape index (κ1) is 24.5. The summed E-state index contributed by atoms with van der Waals surface area (Å²) in [7, 11) is 0. The third kappa shape index (κ3) is 5.39. The molecule has 0 aliphatic heterocycles. The van der Waals surface area contributed by atoms with Crippen molar-refractivity contribution in [2.75, 3.05) is 0 Å². The minimum absolute atomic E-state index is 0.00638. The molecule has 0 spiro atoms. The van der Waals surface area contributed by atoms with Gasteiger partial charge in [0.2, 0.25) is 0 Å². The van der Waals surface area contributed by atoms with Gasteiger partial charge >= 0.3 is 5.97 Å². The SMILES string of the molecule is CCC(C)(N)c1ccc(N=C(c2ccc(CCC(=O)O)cc2)c2c(O)[nH]c3cc(Cl)ccc23)cc1. The number of carboxylic acids is 1. The number of aromatic hydroxyl groups is 1. The van der Waals surface area contributed by atoms with Crippen molar-refractivity contribution in [3.05, 3.63) is 94.0 Å². The monoisotopic (exact) mass is 489 g/mol. The second-order valence-corrected chi connectivity index (χ2v) is 9.34. The number of aryl methyl sites for hydroxylation is 1. The van der Waals surface area contributed by atoms with Crippen molar-refractivity contribution in [2.45, 2.75) is 38.6 Å². The van der Waals surface area contributed by atoms with Gasteiger partial charge in [-0.25, -0.2) is 4.99 Å². The van der Waals surface area contributed by atoms with E-state index in [1.807, 2.05) is 61.5 Å². The third-order valence-electron chi connectivity index (χ3n) is 6.33. The van der Waals surface area contributed by atoms with E-state index in [-0.39, 0.29) is 12.3 Å². The summed E-state index contributed by atoms with van der Waals surface area (Å²) in [5.41, 5.74) is 11.3. The van der Waals surface area contributed by atoms with Crippen LogP contribution in [0, 0.1) is 0 Å². The molecule has 0 radical (unpaired) electrons. The van der Waals surface area contributed by atoms with Crippen LogP contribution in [0.15, 0.2) is 71.7 Å². The Balaban J connectivity index is 1.82. The average Bonchev–Trinajstić information content (AvgIpc) is 3.16. The predicted molar refractivity (Wildman–Crippen MR) is 141 cm³/mol. The lowest BCUT2D eigenvalue weighted by atomic mass is 9.90. The number of aliphatic imine (C=N–C) groups is 1. The lowest BCUT2D eigenvalue weighted by Crippen LogP contribution is -2.31. The number of nitrogens with one attached hydrogen (secondary N) is 1. The first-order valence-electron chi connectivity index (χ1n) is 11.5. The summed E-state index contributed by atoms with van der Waals surface area (Å²) >= 11 is 6.16. The van der Waals surface area contributed by atoms with Crippen molar-refractivity contribution in [1.82, 2.24) is 4.98 Å². The van der Waals surface area contributed by atoms with Gasteiger partial charge in [0.05, 0.1) is 22.5 Å². The fourth-order valence-electron chi connectivity index (χ4n) is 3.99. The van der Waals surface area contributed by atoms with Crippen LogP contribution in [0.3, 0.4) is 0 Å². The van der Waals surface area contributed by atoms with E-state index in [1.165, 1.54) is 0 Å². The van der Waals surface area contributed by atoms with E-state index < -0.39 is 11.5 Å². The highest BCUT2D eigenvalue weighted by molar-refractivity contribution is 6.31. The fraction of sp³-hybridized carbons (Fsp3) is 0.214. The predicted octanol–water partition coefficient (Wildman–Crippen LogP) is 6.30. The van der Waals surface area contributed by atoms with Crippen molar-refractivity contribution in [3.8, 4) is 5.88 Å². The van der Waals surface area contributed by atoms with Crippen molar-refractivity contribution in [2.24, 2.45) is 10.7 Å². The number of aromatic nitrogens is 1. The first-order valence-corrected chi connectivity index (χ1v) is 11.9. The van der Waals surface area contributed by atoms with Gasteiger partial charge in [0.15, 0.2) is 5.88 Å². The van der Waals surface area contributed by atoms with E-state index in [2.05, 4.69) is 11.9 Å². The lowest BCUT2D eigenvalue weighted by molar-refractivity contribution is -0.136. The second-order valence-electron chi connectivity index (χ2n) is 8.91.